The highest BCUT2D eigenvalue weighted by atomic mass is 32.1. The molecular weight excluding hydrogens is 266 g/mol. The van der Waals surface area contributed by atoms with Gasteiger partial charge in [0, 0.05) is 4.88 Å². The fourth-order valence-corrected chi connectivity index (χ4v) is 3.31. The van der Waals surface area contributed by atoms with E-state index in [1.54, 1.807) is 0 Å². The Balaban J connectivity index is 1.98. The van der Waals surface area contributed by atoms with Gasteiger partial charge in [-0.1, -0.05) is 6.42 Å². The number of hydrogen-bond acceptors (Lipinski definition) is 4. The van der Waals surface area contributed by atoms with Gasteiger partial charge in [-0.3, -0.25) is 4.79 Å². The molecule has 0 saturated carbocycles. The van der Waals surface area contributed by atoms with Crippen molar-refractivity contribution in [2.75, 3.05) is 6.54 Å². The molecule has 0 fully saturated rings. The number of carbonyl (C=O) groups is 2. The summed E-state index contributed by atoms with van der Waals surface area (Å²) in [5.41, 5.74) is 1.24. The summed E-state index contributed by atoms with van der Waals surface area (Å²) < 4.78 is 0. The molecule has 0 saturated heterocycles. The summed E-state index contributed by atoms with van der Waals surface area (Å²) in [5.74, 6) is -1.64. The first-order valence-corrected chi connectivity index (χ1v) is 7.20. The van der Waals surface area contributed by atoms with Crippen molar-refractivity contribution < 1.29 is 19.8 Å². The first-order chi connectivity index (χ1) is 9.08. The molecule has 2 rings (SSSR count). The first-order valence-electron chi connectivity index (χ1n) is 6.38. The Morgan fingerprint density at radius 2 is 2.05 bits per heavy atom. The van der Waals surface area contributed by atoms with Crippen LogP contribution in [0, 0.1) is 0 Å². The highest BCUT2D eigenvalue weighted by Gasteiger charge is 2.18. The average molecular weight is 283 g/mol. The van der Waals surface area contributed by atoms with Gasteiger partial charge in [-0.15, -0.1) is 11.3 Å². The third-order valence-corrected chi connectivity index (χ3v) is 4.45. The normalized spacial score (nSPS) is 16.3. The molecule has 1 heterocycles. The summed E-state index contributed by atoms with van der Waals surface area (Å²) in [7, 11) is 0. The van der Waals surface area contributed by atoms with Gasteiger partial charge in [-0.25, -0.2) is 4.79 Å². The maximum Gasteiger partial charge on any atom is 0.334 e. The van der Waals surface area contributed by atoms with E-state index in [0.29, 0.717) is 4.88 Å². The van der Waals surface area contributed by atoms with Gasteiger partial charge in [0.1, 0.15) is 0 Å². The number of aliphatic hydroxyl groups excluding tert-OH is 1. The number of hydrogen-bond donors (Lipinski definition) is 3. The topological polar surface area (TPSA) is 86.6 Å². The van der Waals surface area contributed by atoms with E-state index in [9.17, 15) is 9.59 Å². The predicted octanol–water partition coefficient (Wildman–Crippen LogP) is 1.19. The molecule has 6 heteroatoms. The number of aliphatic carboxylic acids is 1. The molecule has 0 aromatic carbocycles. The van der Waals surface area contributed by atoms with E-state index in [1.165, 1.54) is 28.2 Å². The molecule has 1 atom stereocenters. The van der Waals surface area contributed by atoms with E-state index >= 15 is 0 Å². The van der Waals surface area contributed by atoms with Crippen LogP contribution in [-0.4, -0.2) is 34.7 Å². The highest BCUT2D eigenvalue weighted by molar-refractivity contribution is 7.14. The first kappa shape index (κ1) is 14.0. The van der Waals surface area contributed by atoms with Gasteiger partial charge >= 0.3 is 5.97 Å². The standard InChI is InChI=1S/C13H17NO4S/c15-9(13(17)18)7-14-12(16)11-6-8-4-2-1-3-5-10(8)19-11/h6,9,15H,1-5,7H2,(H,14,16)(H,17,18). The molecule has 1 amide bonds. The van der Waals surface area contributed by atoms with E-state index in [4.69, 9.17) is 10.2 Å². The zero-order chi connectivity index (χ0) is 13.8. The van der Waals surface area contributed by atoms with Gasteiger partial charge in [-0.05, 0) is 37.3 Å². The molecule has 3 N–H and O–H groups in total. The van der Waals surface area contributed by atoms with Crippen LogP contribution in [-0.2, 0) is 17.6 Å². The fraction of sp³-hybridized carbons (Fsp3) is 0.538. The monoisotopic (exact) mass is 283 g/mol. The van der Waals surface area contributed by atoms with Crippen molar-refractivity contribution in [2.45, 2.75) is 38.2 Å². The number of amides is 1. The number of thiophene rings is 1. The van der Waals surface area contributed by atoms with Crippen LogP contribution in [0.2, 0.25) is 0 Å². The van der Waals surface area contributed by atoms with Crippen LogP contribution < -0.4 is 5.32 Å². The van der Waals surface area contributed by atoms with Gasteiger partial charge in [0.15, 0.2) is 6.10 Å². The molecule has 0 bridgehead atoms. The minimum atomic E-state index is -1.55. The SMILES string of the molecule is O=C(NCC(O)C(=O)O)c1cc2c(s1)CCCCC2. The molecule has 1 aromatic heterocycles. The summed E-state index contributed by atoms with van der Waals surface area (Å²) in [5, 5.41) is 20.1. The van der Waals surface area contributed by atoms with Crippen LogP contribution in [0.3, 0.4) is 0 Å². The Hall–Kier alpha value is -1.40. The molecule has 104 valence electrons. The van der Waals surface area contributed by atoms with Crippen molar-refractivity contribution in [3.05, 3.63) is 21.4 Å². The van der Waals surface area contributed by atoms with Gasteiger partial charge < -0.3 is 15.5 Å². The van der Waals surface area contributed by atoms with E-state index in [1.807, 2.05) is 6.07 Å². The fourth-order valence-electron chi connectivity index (χ4n) is 2.14. The smallest absolute Gasteiger partial charge is 0.334 e. The molecule has 1 aliphatic rings. The number of aliphatic hydroxyl groups is 1. The number of rotatable bonds is 4. The van der Waals surface area contributed by atoms with Crippen molar-refractivity contribution in [1.29, 1.82) is 0 Å². The molecule has 1 unspecified atom stereocenters. The van der Waals surface area contributed by atoms with Crippen LogP contribution >= 0.6 is 11.3 Å². The molecule has 1 aliphatic carbocycles. The quantitative estimate of drug-likeness (QED) is 0.724. The molecule has 0 spiro atoms. The highest BCUT2D eigenvalue weighted by Crippen LogP contribution is 2.28. The second-order valence-electron chi connectivity index (χ2n) is 4.68. The zero-order valence-electron chi connectivity index (χ0n) is 10.5. The van der Waals surface area contributed by atoms with E-state index in [-0.39, 0.29) is 12.5 Å². The van der Waals surface area contributed by atoms with Crippen molar-refractivity contribution in [3.8, 4) is 0 Å². The maximum atomic E-state index is 11.9. The Bertz CT molecular complexity index is 459. The Morgan fingerprint density at radius 1 is 1.32 bits per heavy atom. The van der Waals surface area contributed by atoms with E-state index in [2.05, 4.69) is 5.32 Å². The predicted molar refractivity (Wildman–Crippen MR) is 71.6 cm³/mol. The lowest BCUT2D eigenvalue weighted by Crippen LogP contribution is -2.36. The van der Waals surface area contributed by atoms with E-state index < -0.39 is 12.1 Å². The Labute approximate surface area is 115 Å². The maximum absolute atomic E-state index is 11.9. The Morgan fingerprint density at radius 3 is 2.79 bits per heavy atom. The van der Waals surface area contributed by atoms with Gasteiger partial charge in [0.05, 0.1) is 11.4 Å². The summed E-state index contributed by atoms with van der Waals surface area (Å²) in [6.45, 7) is -0.267. The van der Waals surface area contributed by atoms with Gasteiger partial charge in [0.25, 0.3) is 5.91 Å². The summed E-state index contributed by atoms with van der Waals surface area (Å²) in [6.07, 6.45) is 4.02. The summed E-state index contributed by atoms with van der Waals surface area (Å²) >= 11 is 1.48. The van der Waals surface area contributed by atoms with Crippen LogP contribution in [0.4, 0.5) is 0 Å². The molecule has 0 aliphatic heterocycles. The third-order valence-electron chi connectivity index (χ3n) is 3.21. The summed E-state index contributed by atoms with van der Waals surface area (Å²) in [6, 6.07) is 1.90. The second-order valence-corrected chi connectivity index (χ2v) is 5.82. The number of nitrogens with one attached hydrogen (secondary N) is 1. The number of carboxylic acids is 1. The second kappa shape index (κ2) is 6.16. The van der Waals surface area contributed by atoms with Crippen molar-refractivity contribution in [3.63, 3.8) is 0 Å². The Kier molecular flexibility index (Phi) is 4.55. The molecule has 19 heavy (non-hydrogen) atoms. The molecular formula is C13H17NO4S. The van der Waals surface area contributed by atoms with Crippen molar-refractivity contribution in [1.82, 2.24) is 5.32 Å². The number of aryl methyl sites for hydroxylation is 2. The molecule has 0 radical (unpaired) electrons. The van der Waals surface area contributed by atoms with Crippen LogP contribution in [0.15, 0.2) is 6.07 Å². The largest absolute Gasteiger partial charge is 0.479 e. The average Bonchev–Trinajstić information content (AvgIpc) is 2.67. The molecule has 5 nitrogen and oxygen atoms in total. The number of fused-ring (bicyclic) bond motifs is 1. The van der Waals surface area contributed by atoms with Gasteiger partial charge in [0.2, 0.25) is 0 Å². The lowest BCUT2D eigenvalue weighted by molar-refractivity contribution is -0.146. The molecule has 1 aromatic rings. The van der Waals surface area contributed by atoms with Gasteiger partial charge in [-0.2, -0.15) is 0 Å². The van der Waals surface area contributed by atoms with Crippen molar-refractivity contribution in [2.24, 2.45) is 0 Å². The minimum Gasteiger partial charge on any atom is -0.479 e. The van der Waals surface area contributed by atoms with E-state index in [0.717, 1.165) is 25.7 Å². The lowest BCUT2D eigenvalue weighted by atomic mass is 10.1. The number of carbonyl (C=O) groups excluding carboxylic acids is 1. The van der Waals surface area contributed by atoms with Crippen LogP contribution in [0.1, 0.15) is 39.4 Å². The van der Waals surface area contributed by atoms with Crippen LogP contribution in [0.25, 0.3) is 0 Å². The van der Waals surface area contributed by atoms with Crippen molar-refractivity contribution >= 4 is 23.2 Å². The minimum absolute atomic E-state index is 0.267. The third kappa shape index (κ3) is 3.54. The van der Waals surface area contributed by atoms with Crippen LogP contribution in [0.5, 0.6) is 0 Å². The summed E-state index contributed by atoms with van der Waals surface area (Å²) in [4.78, 5) is 24.2. The lowest BCUT2D eigenvalue weighted by Gasteiger charge is -2.06. The zero-order valence-corrected chi connectivity index (χ0v) is 11.3. The number of carboxylic acid groups (broad SMARTS) is 1.